The molecule has 34 heavy (non-hydrogen) atoms. The number of hydrogen-bond donors (Lipinski definition) is 2. The van der Waals surface area contributed by atoms with Crippen LogP contribution in [-0.2, 0) is 17.1 Å². The third kappa shape index (κ3) is 5.94. The van der Waals surface area contributed by atoms with Crippen LogP contribution in [0.4, 0.5) is 5.69 Å². The second kappa shape index (κ2) is 11.5. The number of nitrogens with zero attached hydrogens (tertiary/aromatic N) is 3. The molecule has 3 rings (SSSR count). The van der Waals surface area contributed by atoms with Gasteiger partial charge in [0.2, 0.25) is 10.0 Å². The van der Waals surface area contributed by atoms with E-state index in [4.69, 9.17) is 17.0 Å². The molecule has 0 saturated heterocycles. The summed E-state index contributed by atoms with van der Waals surface area (Å²) in [4.78, 5) is 0.283. The first-order valence-corrected chi connectivity index (χ1v) is 13.0. The summed E-state index contributed by atoms with van der Waals surface area (Å²) in [5.41, 5.74) is 5.27. The molecule has 0 radical (unpaired) electrons. The lowest BCUT2D eigenvalue weighted by molar-refractivity contribution is 0.410. The molecule has 3 aromatic rings. The Kier molecular flexibility index (Phi) is 8.65. The van der Waals surface area contributed by atoms with Gasteiger partial charge < -0.3 is 14.6 Å². The molecule has 1 heterocycles. The summed E-state index contributed by atoms with van der Waals surface area (Å²) in [5, 5.41) is 8.42. The Balaban J connectivity index is 1.81. The number of rotatable bonds is 10. The Morgan fingerprint density at radius 1 is 1.18 bits per heavy atom. The quantitative estimate of drug-likeness (QED) is 0.244. The first-order chi connectivity index (χ1) is 16.3. The largest absolute Gasteiger partial charge is 0.497 e. The Morgan fingerprint density at radius 3 is 2.59 bits per heavy atom. The summed E-state index contributed by atoms with van der Waals surface area (Å²) in [6, 6.07) is 12.6. The van der Waals surface area contributed by atoms with Gasteiger partial charge in [0.25, 0.3) is 0 Å². The van der Waals surface area contributed by atoms with E-state index in [1.54, 1.807) is 29.8 Å². The van der Waals surface area contributed by atoms with Gasteiger partial charge in [0.1, 0.15) is 5.75 Å². The summed E-state index contributed by atoms with van der Waals surface area (Å²) in [6.45, 7) is 4.96. The van der Waals surface area contributed by atoms with Crippen LogP contribution in [0.15, 0.2) is 58.7 Å². The number of thiocarbonyl (C=S) groups is 1. The number of ether oxygens (including phenoxy) is 1. The lowest BCUT2D eigenvalue weighted by Gasteiger charge is -2.21. The maximum absolute atomic E-state index is 13.2. The third-order valence-corrected chi connectivity index (χ3v) is 7.36. The van der Waals surface area contributed by atoms with Crippen molar-refractivity contribution in [1.82, 2.24) is 14.3 Å². The van der Waals surface area contributed by atoms with Gasteiger partial charge in [0, 0.05) is 54.6 Å². The van der Waals surface area contributed by atoms with Gasteiger partial charge >= 0.3 is 0 Å². The van der Waals surface area contributed by atoms with E-state index >= 15 is 0 Å². The number of aromatic nitrogens is 1. The molecule has 0 amide bonds. The number of sulfonamides is 1. The van der Waals surface area contributed by atoms with Crippen molar-refractivity contribution in [2.75, 3.05) is 25.5 Å². The Morgan fingerprint density at radius 2 is 1.91 bits per heavy atom. The summed E-state index contributed by atoms with van der Waals surface area (Å²) in [5.74, 6) is 0.717. The van der Waals surface area contributed by atoms with E-state index in [1.807, 2.05) is 62.0 Å². The number of hydrazone groups is 1. The summed E-state index contributed by atoms with van der Waals surface area (Å²) in [7, 11) is -0.0592. The van der Waals surface area contributed by atoms with E-state index in [2.05, 4.69) is 15.8 Å². The molecule has 10 heteroatoms. The van der Waals surface area contributed by atoms with Crippen molar-refractivity contribution in [3.63, 3.8) is 0 Å². The SMILES string of the molecule is CCCN(CCC)S(=O)(=O)c1ccc2c(c1)c(/C=N\NC(=S)Nc1cccc(OC)c1)cn2C. The van der Waals surface area contributed by atoms with Crippen LogP contribution < -0.4 is 15.5 Å². The zero-order valence-corrected chi connectivity index (χ0v) is 21.5. The number of anilines is 1. The fourth-order valence-corrected chi connectivity index (χ4v) is 5.51. The number of nitrogens with one attached hydrogen (secondary N) is 2. The fraction of sp³-hybridized carbons (Fsp3) is 0.333. The molecule has 0 aliphatic rings. The Labute approximate surface area is 206 Å². The van der Waals surface area contributed by atoms with Gasteiger partial charge in [-0.05, 0) is 55.4 Å². The molecule has 0 fully saturated rings. The highest BCUT2D eigenvalue weighted by molar-refractivity contribution is 7.89. The second-order valence-corrected chi connectivity index (χ2v) is 10.2. The van der Waals surface area contributed by atoms with Gasteiger partial charge in [0.15, 0.2) is 5.11 Å². The summed E-state index contributed by atoms with van der Waals surface area (Å²) in [6.07, 6.45) is 5.06. The van der Waals surface area contributed by atoms with Crippen molar-refractivity contribution in [3.8, 4) is 5.75 Å². The predicted octanol–water partition coefficient (Wildman–Crippen LogP) is 4.32. The highest BCUT2D eigenvalue weighted by atomic mass is 32.2. The normalized spacial score (nSPS) is 11.9. The van der Waals surface area contributed by atoms with Crippen LogP contribution in [-0.4, -0.2) is 48.8 Å². The minimum atomic E-state index is -3.58. The standard InChI is InChI=1S/C24H31N5O3S2/c1-5-12-29(13-6-2)34(30,31)21-10-11-23-22(15-21)18(17-28(23)3)16-25-27-24(33)26-19-8-7-9-20(14-19)32-4/h7-11,14-17H,5-6,12-13H2,1-4H3,(H2,26,27,33)/b25-16-. The van der Waals surface area contributed by atoms with Crippen LogP contribution in [0.25, 0.3) is 10.9 Å². The molecule has 0 aliphatic carbocycles. The fourth-order valence-electron chi connectivity index (χ4n) is 3.69. The number of fused-ring (bicyclic) bond motifs is 1. The molecule has 0 bridgehead atoms. The number of aryl methyl sites for hydroxylation is 1. The van der Waals surface area contributed by atoms with E-state index in [-0.39, 0.29) is 4.90 Å². The van der Waals surface area contributed by atoms with E-state index in [9.17, 15) is 8.42 Å². The van der Waals surface area contributed by atoms with Gasteiger partial charge in [-0.25, -0.2) is 8.42 Å². The highest BCUT2D eigenvalue weighted by Gasteiger charge is 2.24. The molecule has 0 saturated carbocycles. The van der Waals surface area contributed by atoms with Crippen molar-refractivity contribution in [3.05, 3.63) is 54.2 Å². The first-order valence-electron chi connectivity index (χ1n) is 11.1. The minimum Gasteiger partial charge on any atom is -0.497 e. The van der Waals surface area contributed by atoms with Crippen molar-refractivity contribution in [1.29, 1.82) is 0 Å². The first kappa shape index (κ1) is 25.7. The van der Waals surface area contributed by atoms with Crippen molar-refractivity contribution >= 4 is 50.2 Å². The minimum absolute atomic E-state index is 0.283. The van der Waals surface area contributed by atoms with E-state index < -0.39 is 10.0 Å². The molecule has 0 spiro atoms. The average Bonchev–Trinajstić information content (AvgIpc) is 3.14. The third-order valence-electron chi connectivity index (χ3n) is 5.27. The van der Waals surface area contributed by atoms with Crippen LogP contribution in [0.2, 0.25) is 0 Å². The molecule has 0 atom stereocenters. The number of hydrogen-bond acceptors (Lipinski definition) is 5. The van der Waals surface area contributed by atoms with Crippen LogP contribution >= 0.6 is 12.2 Å². The smallest absolute Gasteiger partial charge is 0.243 e. The zero-order valence-electron chi connectivity index (χ0n) is 19.9. The topological polar surface area (TPSA) is 88.0 Å². The van der Waals surface area contributed by atoms with Crippen molar-refractivity contribution in [2.45, 2.75) is 31.6 Å². The van der Waals surface area contributed by atoms with Gasteiger partial charge in [-0.1, -0.05) is 19.9 Å². The van der Waals surface area contributed by atoms with Crippen LogP contribution in [0.1, 0.15) is 32.3 Å². The predicted molar refractivity (Wildman–Crippen MR) is 142 cm³/mol. The van der Waals surface area contributed by atoms with Crippen molar-refractivity contribution < 1.29 is 13.2 Å². The second-order valence-electron chi connectivity index (χ2n) is 7.83. The maximum Gasteiger partial charge on any atom is 0.243 e. The summed E-state index contributed by atoms with van der Waals surface area (Å²) >= 11 is 5.31. The molecular weight excluding hydrogens is 470 g/mol. The molecule has 2 N–H and O–H groups in total. The zero-order chi connectivity index (χ0) is 24.7. The van der Waals surface area contributed by atoms with Crippen LogP contribution in [0.5, 0.6) is 5.75 Å². The molecule has 2 aromatic carbocycles. The van der Waals surface area contributed by atoms with Crippen molar-refractivity contribution in [2.24, 2.45) is 12.1 Å². The molecule has 1 aromatic heterocycles. The molecular formula is C24H31N5O3S2. The monoisotopic (exact) mass is 501 g/mol. The summed E-state index contributed by atoms with van der Waals surface area (Å²) < 4.78 is 35.2. The van der Waals surface area contributed by atoms with Gasteiger partial charge in [-0.15, -0.1) is 0 Å². The lowest BCUT2D eigenvalue weighted by atomic mass is 10.2. The van der Waals surface area contributed by atoms with E-state index in [1.165, 1.54) is 0 Å². The van der Waals surface area contributed by atoms with Gasteiger partial charge in [-0.2, -0.15) is 9.41 Å². The molecule has 0 aliphatic heterocycles. The molecule has 182 valence electrons. The Bertz CT molecular complexity index is 1280. The maximum atomic E-state index is 13.2. The molecule has 8 nitrogen and oxygen atoms in total. The van der Waals surface area contributed by atoms with E-state index in [0.29, 0.717) is 24.0 Å². The number of methoxy groups -OCH3 is 1. The van der Waals surface area contributed by atoms with E-state index in [0.717, 1.165) is 35.0 Å². The van der Waals surface area contributed by atoms with Crippen LogP contribution in [0, 0.1) is 0 Å². The van der Waals surface area contributed by atoms with Gasteiger partial charge in [0.05, 0.1) is 18.2 Å². The Hall–Kier alpha value is -2.95. The lowest BCUT2D eigenvalue weighted by Crippen LogP contribution is -2.32. The van der Waals surface area contributed by atoms with Gasteiger partial charge in [-0.3, -0.25) is 5.43 Å². The average molecular weight is 502 g/mol. The highest BCUT2D eigenvalue weighted by Crippen LogP contribution is 2.25. The van der Waals surface area contributed by atoms with Crippen LogP contribution in [0.3, 0.4) is 0 Å². The number of benzene rings is 2. The molecule has 0 unspecified atom stereocenters.